The zero-order valence-corrected chi connectivity index (χ0v) is 14.8. The first-order valence-electron chi connectivity index (χ1n) is 7.14. The summed E-state index contributed by atoms with van der Waals surface area (Å²) >= 11 is 2.23. The number of halogens is 1. The molecule has 0 unspecified atom stereocenters. The number of aryl methyl sites for hydroxylation is 2. The van der Waals surface area contributed by atoms with Crippen LogP contribution in [0.4, 0.5) is 11.6 Å². The lowest BCUT2D eigenvalue weighted by molar-refractivity contribution is -0.116. The van der Waals surface area contributed by atoms with Gasteiger partial charge in [0.15, 0.2) is 0 Å². The Morgan fingerprint density at radius 3 is 2.41 bits per heavy atom. The van der Waals surface area contributed by atoms with Crippen molar-refractivity contribution in [3.05, 3.63) is 45.3 Å². The van der Waals surface area contributed by atoms with Gasteiger partial charge in [-0.1, -0.05) is 0 Å². The van der Waals surface area contributed by atoms with Crippen molar-refractivity contribution < 1.29 is 4.79 Å². The van der Waals surface area contributed by atoms with Gasteiger partial charge >= 0.3 is 0 Å². The molecule has 1 amide bonds. The van der Waals surface area contributed by atoms with Gasteiger partial charge in [-0.05, 0) is 73.2 Å². The third-order valence-corrected chi connectivity index (χ3v) is 3.69. The molecule has 0 aliphatic heterocycles. The van der Waals surface area contributed by atoms with Gasteiger partial charge in [-0.25, -0.2) is 9.97 Å². The summed E-state index contributed by atoms with van der Waals surface area (Å²) in [6.45, 7) is 4.55. The van der Waals surface area contributed by atoms with Crippen molar-refractivity contribution in [3.8, 4) is 0 Å². The Hall–Kier alpha value is -1.70. The standard InChI is InChI=1S/C16H19IN4O/c1-11-10-12(2)20-16(19-11)18-9-3-4-15(22)21-14-7-5-13(17)6-8-14/h5-8,10H,3-4,9H2,1-2H3,(H,21,22)(H,18,19,20). The van der Waals surface area contributed by atoms with Crippen LogP contribution in [0.5, 0.6) is 0 Å². The van der Waals surface area contributed by atoms with E-state index in [0.29, 0.717) is 18.9 Å². The maximum atomic E-state index is 11.8. The highest BCUT2D eigenvalue weighted by molar-refractivity contribution is 14.1. The van der Waals surface area contributed by atoms with Crippen molar-refractivity contribution in [2.75, 3.05) is 17.2 Å². The van der Waals surface area contributed by atoms with E-state index in [1.807, 2.05) is 44.2 Å². The number of hydrogen-bond donors (Lipinski definition) is 2. The summed E-state index contributed by atoms with van der Waals surface area (Å²) in [6.07, 6.45) is 1.19. The van der Waals surface area contributed by atoms with Crippen molar-refractivity contribution >= 4 is 40.1 Å². The van der Waals surface area contributed by atoms with Crippen LogP contribution in [0.3, 0.4) is 0 Å². The van der Waals surface area contributed by atoms with Gasteiger partial charge in [0.05, 0.1) is 0 Å². The summed E-state index contributed by atoms with van der Waals surface area (Å²) in [5.41, 5.74) is 2.70. The number of carbonyl (C=O) groups excluding carboxylic acids is 1. The summed E-state index contributed by atoms with van der Waals surface area (Å²) in [7, 11) is 0. The Bertz CT molecular complexity index is 623. The van der Waals surface area contributed by atoms with E-state index in [1.165, 1.54) is 0 Å². The second-order valence-corrected chi connectivity index (χ2v) is 6.31. The molecule has 2 aromatic rings. The molecule has 0 fully saturated rings. The highest BCUT2D eigenvalue weighted by Crippen LogP contribution is 2.11. The van der Waals surface area contributed by atoms with Gasteiger partial charge in [-0.2, -0.15) is 0 Å². The number of rotatable bonds is 6. The van der Waals surface area contributed by atoms with Crippen molar-refractivity contribution in [1.82, 2.24) is 9.97 Å². The highest BCUT2D eigenvalue weighted by atomic mass is 127. The van der Waals surface area contributed by atoms with E-state index >= 15 is 0 Å². The molecule has 0 aliphatic rings. The van der Waals surface area contributed by atoms with Crippen LogP contribution in [0.2, 0.25) is 0 Å². The quantitative estimate of drug-likeness (QED) is 0.565. The van der Waals surface area contributed by atoms with E-state index in [4.69, 9.17) is 0 Å². The fourth-order valence-electron chi connectivity index (χ4n) is 2.01. The second kappa shape index (κ2) is 8.07. The van der Waals surface area contributed by atoms with Gasteiger partial charge in [-0.15, -0.1) is 0 Å². The minimum Gasteiger partial charge on any atom is -0.354 e. The summed E-state index contributed by atoms with van der Waals surface area (Å²) < 4.78 is 1.15. The molecule has 0 spiro atoms. The highest BCUT2D eigenvalue weighted by Gasteiger charge is 2.03. The number of hydrogen-bond acceptors (Lipinski definition) is 4. The van der Waals surface area contributed by atoms with Crippen LogP contribution in [0, 0.1) is 17.4 Å². The molecule has 1 heterocycles. The Morgan fingerprint density at radius 2 is 1.77 bits per heavy atom. The summed E-state index contributed by atoms with van der Waals surface area (Å²) in [6, 6.07) is 9.67. The summed E-state index contributed by atoms with van der Waals surface area (Å²) in [5.74, 6) is 0.639. The lowest BCUT2D eigenvalue weighted by atomic mass is 10.2. The van der Waals surface area contributed by atoms with Crippen molar-refractivity contribution in [3.63, 3.8) is 0 Å². The number of benzene rings is 1. The molecular weight excluding hydrogens is 391 g/mol. The summed E-state index contributed by atoms with van der Waals surface area (Å²) in [4.78, 5) is 20.5. The zero-order chi connectivity index (χ0) is 15.9. The van der Waals surface area contributed by atoms with Crippen molar-refractivity contribution in [2.24, 2.45) is 0 Å². The lowest BCUT2D eigenvalue weighted by Crippen LogP contribution is -2.14. The molecule has 0 aliphatic carbocycles. The molecule has 2 N–H and O–H groups in total. The molecule has 116 valence electrons. The predicted molar refractivity (Wildman–Crippen MR) is 97.0 cm³/mol. The van der Waals surface area contributed by atoms with E-state index < -0.39 is 0 Å². The van der Waals surface area contributed by atoms with Gasteiger partial charge in [0.2, 0.25) is 11.9 Å². The van der Waals surface area contributed by atoms with Gasteiger partial charge in [0.25, 0.3) is 0 Å². The lowest BCUT2D eigenvalue weighted by Gasteiger charge is -2.07. The minimum atomic E-state index is 0.0179. The monoisotopic (exact) mass is 410 g/mol. The predicted octanol–water partition coefficient (Wildman–Crippen LogP) is 3.53. The van der Waals surface area contributed by atoms with Crippen LogP contribution in [-0.4, -0.2) is 22.4 Å². The number of aromatic nitrogens is 2. The van der Waals surface area contributed by atoms with Gasteiger partial charge in [0.1, 0.15) is 0 Å². The zero-order valence-electron chi connectivity index (χ0n) is 12.7. The van der Waals surface area contributed by atoms with Crippen LogP contribution in [0.1, 0.15) is 24.2 Å². The molecule has 1 aromatic carbocycles. The average Bonchev–Trinajstić information content (AvgIpc) is 2.45. The Morgan fingerprint density at radius 1 is 1.14 bits per heavy atom. The first kappa shape index (κ1) is 16.7. The third-order valence-electron chi connectivity index (χ3n) is 2.97. The van der Waals surface area contributed by atoms with E-state index in [0.717, 1.165) is 27.1 Å². The Kier molecular flexibility index (Phi) is 6.11. The van der Waals surface area contributed by atoms with Crippen LogP contribution < -0.4 is 10.6 Å². The van der Waals surface area contributed by atoms with Gasteiger partial charge in [-0.3, -0.25) is 4.79 Å². The molecule has 0 atom stereocenters. The number of amides is 1. The maximum Gasteiger partial charge on any atom is 0.224 e. The number of nitrogens with zero attached hydrogens (tertiary/aromatic N) is 2. The Balaban J connectivity index is 1.71. The van der Waals surface area contributed by atoms with Crippen LogP contribution >= 0.6 is 22.6 Å². The molecule has 1 aromatic heterocycles. The summed E-state index contributed by atoms with van der Waals surface area (Å²) in [5, 5.41) is 6.03. The molecule has 5 nitrogen and oxygen atoms in total. The molecule has 0 saturated carbocycles. The van der Waals surface area contributed by atoms with E-state index in [-0.39, 0.29) is 5.91 Å². The average molecular weight is 410 g/mol. The molecular formula is C16H19IN4O. The van der Waals surface area contributed by atoms with E-state index in [1.54, 1.807) is 0 Å². The molecule has 0 bridgehead atoms. The molecule has 22 heavy (non-hydrogen) atoms. The molecule has 0 saturated heterocycles. The van der Waals surface area contributed by atoms with E-state index in [2.05, 4.69) is 43.2 Å². The number of anilines is 2. The molecule has 2 rings (SSSR count). The molecule has 6 heteroatoms. The van der Waals surface area contributed by atoms with Crippen LogP contribution in [0.15, 0.2) is 30.3 Å². The normalized spacial score (nSPS) is 10.3. The fraction of sp³-hybridized carbons (Fsp3) is 0.312. The first-order valence-corrected chi connectivity index (χ1v) is 8.22. The van der Waals surface area contributed by atoms with Crippen molar-refractivity contribution in [2.45, 2.75) is 26.7 Å². The third kappa shape index (κ3) is 5.59. The van der Waals surface area contributed by atoms with Crippen molar-refractivity contribution in [1.29, 1.82) is 0 Å². The fourth-order valence-corrected chi connectivity index (χ4v) is 2.37. The second-order valence-electron chi connectivity index (χ2n) is 5.06. The SMILES string of the molecule is Cc1cc(C)nc(NCCCC(=O)Nc2ccc(I)cc2)n1. The van der Waals surface area contributed by atoms with Gasteiger partial charge in [0, 0.05) is 33.6 Å². The van der Waals surface area contributed by atoms with Crippen LogP contribution in [0.25, 0.3) is 0 Å². The topological polar surface area (TPSA) is 66.9 Å². The first-order chi connectivity index (χ1) is 10.5. The maximum absolute atomic E-state index is 11.8. The largest absolute Gasteiger partial charge is 0.354 e. The smallest absolute Gasteiger partial charge is 0.224 e. The van der Waals surface area contributed by atoms with Crippen LogP contribution in [-0.2, 0) is 4.79 Å². The number of nitrogens with one attached hydrogen (secondary N) is 2. The van der Waals surface area contributed by atoms with Gasteiger partial charge < -0.3 is 10.6 Å². The minimum absolute atomic E-state index is 0.0179. The number of carbonyl (C=O) groups is 1. The molecule has 0 radical (unpaired) electrons. The van der Waals surface area contributed by atoms with E-state index in [9.17, 15) is 4.79 Å². The Labute approximate surface area is 144 Å².